The van der Waals surface area contributed by atoms with Crippen molar-refractivity contribution in [3.05, 3.63) is 72.6 Å². The molecule has 5 nitrogen and oxygen atoms in total. The zero-order valence-electron chi connectivity index (χ0n) is 16.7. The Labute approximate surface area is 183 Å². The van der Waals surface area contributed by atoms with Crippen LogP contribution in [0.3, 0.4) is 0 Å². The summed E-state index contributed by atoms with van der Waals surface area (Å²) in [5.41, 5.74) is 2.18. The van der Waals surface area contributed by atoms with Gasteiger partial charge in [-0.2, -0.15) is 0 Å². The smallest absolute Gasteiger partial charge is 0.233 e. The van der Waals surface area contributed by atoms with Gasteiger partial charge in [0.15, 0.2) is 0 Å². The number of thioether (sulfide) groups is 1. The Kier molecular flexibility index (Phi) is 6.30. The van der Waals surface area contributed by atoms with E-state index in [1.165, 1.54) is 11.8 Å². The predicted molar refractivity (Wildman–Crippen MR) is 123 cm³/mol. The van der Waals surface area contributed by atoms with Gasteiger partial charge < -0.3 is 10.1 Å². The van der Waals surface area contributed by atoms with Crippen molar-refractivity contribution >= 4 is 39.2 Å². The number of fused-ring (bicyclic) bond motifs is 1. The van der Waals surface area contributed by atoms with Gasteiger partial charge in [0.1, 0.15) is 21.9 Å². The molecule has 0 saturated carbocycles. The first-order valence-corrected chi connectivity index (χ1v) is 11.2. The molecule has 0 radical (unpaired) electrons. The van der Waals surface area contributed by atoms with E-state index in [0.29, 0.717) is 6.54 Å². The molecule has 0 aliphatic heterocycles. The molecule has 0 fully saturated rings. The molecule has 7 heteroatoms. The normalized spacial score (nSPS) is 11.9. The lowest BCUT2D eigenvalue weighted by atomic mass is 10.2. The highest BCUT2D eigenvalue weighted by atomic mass is 32.2. The van der Waals surface area contributed by atoms with Crippen LogP contribution in [-0.2, 0) is 11.3 Å². The number of aromatic nitrogens is 2. The molecule has 1 amide bonds. The third-order valence-electron chi connectivity index (χ3n) is 4.63. The van der Waals surface area contributed by atoms with Crippen molar-refractivity contribution in [2.75, 3.05) is 7.11 Å². The molecule has 0 saturated heterocycles. The molecule has 1 N–H and O–H groups in total. The van der Waals surface area contributed by atoms with Gasteiger partial charge in [-0.1, -0.05) is 54.2 Å². The Bertz CT molecular complexity index is 1140. The van der Waals surface area contributed by atoms with Crippen molar-refractivity contribution in [2.24, 2.45) is 0 Å². The van der Waals surface area contributed by atoms with Crippen molar-refractivity contribution in [2.45, 2.75) is 23.7 Å². The number of carbonyl (C=O) groups is 1. The second-order valence-corrected chi connectivity index (χ2v) is 9.06. The van der Waals surface area contributed by atoms with Gasteiger partial charge >= 0.3 is 0 Å². The van der Waals surface area contributed by atoms with Crippen molar-refractivity contribution < 1.29 is 9.53 Å². The highest BCUT2D eigenvalue weighted by molar-refractivity contribution is 8.00. The SMILES string of the molecule is COc1ccc(CNC(=O)C(C)Sc2ncnc3sc(-c4ccccc4)cc23)cc1. The van der Waals surface area contributed by atoms with Crippen LogP contribution < -0.4 is 10.1 Å². The molecule has 2 aromatic heterocycles. The molecular formula is C23H21N3O2S2. The first-order valence-electron chi connectivity index (χ1n) is 9.51. The number of amides is 1. The van der Waals surface area contributed by atoms with Crippen molar-refractivity contribution in [3.63, 3.8) is 0 Å². The molecule has 30 heavy (non-hydrogen) atoms. The number of ether oxygens (including phenoxy) is 1. The van der Waals surface area contributed by atoms with Gasteiger partial charge in [-0.3, -0.25) is 4.79 Å². The van der Waals surface area contributed by atoms with Gasteiger partial charge in [0, 0.05) is 16.8 Å². The van der Waals surface area contributed by atoms with Gasteiger partial charge in [0.05, 0.1) is 12.4 Å². The zero-order valence-corrected chi connectivity index (χ0v) is 18.3. The highest BCUT2D eigenvalue weighted by Gasteiger charge is 2.18. The summed E-state index contributed by atoms with van der Waals surface area (Å²) in [4.78, 5) is 23.5. The molecule has 0 aliphatic rings. The van der Waals surface area contributed by atoms with E-state index < -0.39 is 0 Å². The van der Waals surface area contributed by atoms with Crippen LogP contribution in [0, 0.1) is 0 Å². The summed E-state index contributed by atoms with van der Waals surface area (Å²) in [6, 6.07) is 20.0. The number of thiophene rings is 1. The third kappa shape index (κ3) is 4.63. The van der Waals surface area contributed by atoms with Crippen LogP contribution in [-0.4, -0.2) is 28.2 Å². The first-order chi connectivity index (χ1) is 14.6. The van der Waals surface area contributed by atoms with Gasteiger partial charge in [-0.25, -0.2) is 9.97 Å². The van der Waals surface area contributed by atoms with E-state index in [0.717, 1.165) is 37.0 Å². The predicted octanol–water partition coefficient (Wildman–Crippen LogP) is 5.16. The molecule has 1 unspecified atom stereocenters. The van der Waals surface area contributed by atoms with E-state index in [2.05, 4.69) is 33.5 Å². The quantitative estimate of drug-likeness (QED) is 0.321. The molecular weight excluding hydrogens is 414 g/mol. The fourth-order valence-corrected chi connectivity index (χ4v) is 4.95. The summed E-state index contributed by atoms with van der Waals surface area (Å²) in [7, 11) is 1.63. The average Bonchev–Trinajstić information content (AvgIpc) is 3.24. The van der Waals surface area contributed by atoms with Crippen LogP contribution in [0.25, 0.3) is 20.7 Å². The minimum absolute atomic E-state index is 0.0268. The molecule has 1 atom stereocenters. The molecule has 2 aromatic carbocycles. The van der Waals surface area contributed by atoms with E-state index in [1.807, 2.05) is 49.4 Å². The average molecular weight is 436 g/mol. The maximum absolute atomic E-state index is 12.6. The summed E-state index contributed by atoms with van der Waals surface area (Å²) in [5.74, 6) is 0.772. The van der Waals surface area contributed by atoms with Gasteiger partial charge in [0.25, 0.3) is 0 Å². The van der Waals surface area contributed by atoms with E-state index in [1.54, 1.807) is 24.8 Å². The summed E-state index contributed by atoms with van der Waals surface area (Å²) in [6.07, 6.45) is 1.57. The van der Waals surface area contributed by atoms with Crippen LogP contribution in [0.1, 0.15) is 12.5 Å². The lowest BCUT2D eigenvalue weighted by molar-refractivity contribution is -0.120. The van der Waals surface area contributed by atoms with Gasteiger partial charge in [-0.15, -0.1) is 11.3 Å². The number of nitrogens with zero attached hydrogens (tertiary/aromatic N) is 2. The third-order valence-corrected chi connectivity index (χ3v) is 6.84. The summed E-state index contributed by atoms with van der Waals surface area (Å²) < 4.78 is 5.16. The number of rotatable bonds is 7. The van der Waals surface area contributed by atoms with E-state index in [-0.39, 0.29) is 11.2 Å². The monoisotopic (exact) mass is 435 g/mol. The fourth-order valence-electron chi connectivity index (χ4n) is 2.97. The molecule has 0 aliphatic carbocycles. The Hall–Kier alpha value is -2.90. The highest BCUT2D eigenvalue weighted by Crippen LogP contribution is 2.37. The van der Waals surface area contributed by atoms with Crippen molar-refractivity contribution in [1.82, 2.24) is 15.3 Å². The number of methoxy groups -OCH3 is 1. The minimum atomic E-state index is -0.276. The summed E-state index contributed by atoms with van der Waals surface area (Å²) in [5, 5.41) is 4.53. The fraction of sp³-hybridized carbons (Fsp3) is 0.174. The van der Waals surface area contributed by atoms with E-state index >= 15 is 0 Å². The Morgan fingerprint density at radius 1 is 1.13 bits per heavy atom. The number of benzene rings is 2. The lowest BCUT2D eigenvalue weighted by Gasteiger charge is -2.12. The van der Waals surface area contributed by atoms with Crippen LogP contribution in [0.4, 0.5) is 0 Å². The molecule has 152 valence electrons. The molecule has 0 spiro atoms. The maximum atomic E-state index is 12.6. The summed E-state index contributed by atoms with van der Waals surface area (Å²) in [6.45, 7) is 2.37. The minimum Gasteiger partial charge on any atom is -0.497 e. The van der Waals surface area contributed by atoms with Gasteiger partial charge in [-0.05, 0) is 36.2 Å². The summed E-state index contributed by atoms with van der Waals surface area (Å²) >= 11 is 3.09. The van der Waals surface area contributed by atoms with Crippen LogP contribution in [0.5, 0.6) is 5.75 Å². The van der Waals surface area contributed by atoms with Gasteiger partial charge in [0.2, 0.25) is 5.91 Å². The lowest BCUT2D eigenvalue weighted by Crippen LogP contribution is -2.30. The van der Waals surface area contributed by atoms with Crippen LogP contribution in [0.2, 0.25) is 0 Å². The zero-order chi connectivity index (χ0) is 20.9. The molecule has 0 bridgehead atoms. The Balaban J connectivity index is 1.45. The van der Waals surface area contributed by atoms with E-state index in [4.69, 9.17) is 4.74 Å². The Morgan fingerprint density at radius 3 is 2.63 bits per heavy atom. The van der Waals surface area contributed by atoms with E-state index in [9.17, 15) is 4.79 Å². The number of nitrogens with one attached hydrogen (secondary N) is 1. The number of carbonyl (C=O) groups excluding carboxylic acids is 1. The number of hydrogen-bond acceptors (Lipinski definition) is 6. The molecule has 4 rings (SSSR count). The standard InChI is InChI=1S/C23H21N3O2S2/c1-15(21(27)24-13-16-8-10-18(28-2)11-9-16)29-22-19-12-20(17-6-4-3-5-7-17)30-23(19)26-14-25-22/h3-12,14-15H,13H2,1-2H3,(H,24,27). The second kappa shape index (κ2) is 9.28. The maximum Gasteiger partial charge on any atom is 0.233 e. The second-order valence-electron chi connectivity index (χ2n) is 6.70. The first kappa shape index (κ1) is 20.4. The topological polar surface area (TPSA) is 64.1 Å². The number of hydrogen-bond donors (Lipinski definition) is 1. The van der Waals surface area contributed by atoms with Crippen molar-refractivity contribution in [3.8, 4) is 16.2 Å². The van der Waals surface area contributed by atoms with Crippen LogP contribution >= 0.6 is 23.1 Å². The van der Waals surface area contributed by atoms with Crippen LogP contribution in [0.15, 0.2) is 72.0 Å². The van der Waals surface area contributed by atoms with Crippen molar-refractivity contribution in [1.29, 1.82) is 0 Å². The largest absolute Gasteiger partial charge is 0.497 e. The molecule has 4 aromatic rings. The Morgan fingerprint density at radius 2 is 1.90 bits per heavy atom. The molecule has 2 heterocycles.